The maximum Gasteiger partial charge on any atom is 0.416 e. The minimum atomic E-state index is -4.39. The molecule has 7 heteroatoms. The van der Waals surface area contributed by atoms with Crippen molar-refractivity contribution in [3.8, 4) is 0 Å². The fourth-order valence-corrected chi connectivity index (χ4v) is 2.73. The van der Waals surface area contributed by atoms with Gasteiger partial charge in [-0.2, -0.15) is 13.2 Å². The topological polar surface area (TPSA) is 66.4 Å². The third-order valence-corrected chi connectivity index (χ3v) is 4.28. The number of alkyl halides is 3. The summed E-state index contributed by atoms with van der Waals surface area (Å²) in [5, 5.41) is 11.8. The first kappa shape index (κ1) is 20.5. The monoisotopic (exact) mass is 379 g/mol. The minimum Gasteiger partial charge on any atom is -0.478 e. The van der Waals surface area contributed by atoms with E-state index in [4.69, 9.17) is 5.11 Å². The van der Waals surface area contributed by atoms with Gasteiger partial charge in [0.2, 0.25) is 5.91 Å². The van der Waals surface area contributed by atoms with Crippen LogP contribution in [0.5, 0.6) is 0 Å². The van der Waals surface area contributed by atoms with Crippen LogP contribution in [0.4, 0.5) is 13.2 Å². The molecule has 0 saturated heterocycles. The Kier molecular flexibility index (Phi) is 6.60. The number of carboxylic acids is 1. The molecule has 1 amide bonds. The predicted octanol–water partition coefficient (Wildman–Crippen LogP) is 4.26. The van der Waals surface area contributed by atoms with Crippen molar-refractivity contribution >= 4 is 11.9 Å². The number of carbonyl (C=O) groups excluding carboxylic acids is 1. The van der Waals surface area contributed by atoms with Gasteiger partial charge in [-0.15, -0.1) is 0 Å². The number of nitrogens with one attached hydrogen (secondary N) is 1. The summed E-state index contributed by atoms with van der Waals surface area (Å²) in [5.41, 5.74) is 0.342. The lowest BCUT2D eigenvalue weighted by molar-refractivity contribution is -0.137. The highest BCUT2D eigenvalue weighted by Crippen LogP contribution is 2.31. The second-order valence-corrected chi connectivity index (χ2v) is 6.30. The Morgan fingerprint density at radius 3 is 2.48 bits per heavy atom. The molecule has 2 aromatic rings. The highest BCUT2D eigenvalue weighted by Gasteiger charge is 2.30. The van der Waals surface area contributed by atoms with Crippen LogP contribution in [-0.2, 0) is 17.4 Å². The van der Waals surface area contributed by atoms with Crippen molar-refractivity contribution < 1.29 is 27.9 Å². The summed E-state index contributed by atoms with van der Waals surface area (Å²) >= 11 is 0. The number of hydrogen-bond donors (Lipinski definition) is 2. The summed E-state index contributed by atoms with van der Waals surface area (Å²) < 4.78 is 38.4. The van der Waals surface area contributed by atoms with E-state index in [2.05, 4.69) is 5.32 Å². The van der Waals surface area contributed by atoms with Crippen LogP contribution in [0.25, 0.3) is 0 Å². The third-order valence-electron chi connectivity index (χ3n) is 4.28. The number of hydrogen-bond acceptors (Lipinski definition) is 2. The van der Waals surface area contributed by atoms with Crippen molar-refractivity contribution in [1.82, 2.24) is 5.32 Å². The van der Waals surface area contributed by atoms with E-state index in [0.717, 1.165) is 12.1 Å². The van der Waals surface area contributed by atoms with Gasteiger partial charge in [0, 0.05) is 6.54 Å². The van der Waals surface area contributed by atoms with E-state index in [0.29, 0.717) is 17.5 Å². The molecular formula is C20H20F3NO3. The van der Waals surface area contributed by atoms with E-state index < -0.39 is 17.7 Å². The fraction of sp³-hybridized carbons (Fsp3) is 0.300. The zero-order valence-corrected chi connectivity index (χ0v) is 14.7. The van der Waals surface area contributed by atoms with Crippen molar-refractivity contribution in [1.29, 1.82) is 0 Å². The molecule has 144 valence electrons. The van der Waals surface area contributed by atoms with Crippen LogP contribution >= 0.6 is 0 Å². The lowest BCUT2D eigenvalue weighted by Gasteiger charge is -2.15. The molecule has 2 aromatic carbocycles. The Labute approximate surface area is 155 Å². The van der Waals surface area contributed by atoms with Crippen molar-refractivity contribution in [2.75, 3.05) is 6.54 Å². The summed E-state index contributed by atoms with van der Waals surface area (Å²) in [7, 11) is 0. The first-order valence-corrected chi connectivity index (χ1v) is 8.43. The highest BCUT2D eigenvalue weighted by atomic mass is 19.4. The number of aromatic carboxylic acids is 1. The van der Waals surface area contributed by atoms with Gasteiger partial charge >= 0.3 is 12.1 Å². The molecule has 0 aromatic heterocycles. The molecule has 0 spiro atoms. The van der Waals surface area contributed by atoms with Gasteiger partial charge in [-0.1, -0.05) is 43.3 Å². The van der Waals surface area contributed by atoms with Crippen LogP contribution in [0.15, 0.2) is 48.5 Å². The maximum absolute atomic E-state index is 12.8. The highest BCUT2D eigenvalue weighted by molar-refractivity contribution is 5.91. The SMILES string of the molecule is CC(CCNC(=O)Cc1ccccc1C(=O)O)c1cccc(C(F)(F)F)c1. The standard InChI is InChI=1S/C20H20F3NO3/c1-13(14-6-4-7-16(11-14)20(21,22)23)9-10-24-18(25)12-15-5-2-3-8-17(15)19(26)27/h2-8,11,13H,9-10,12H2,1H3,(H,24,25)(H,26,27). The smallest absolute Gasteiger partial charge is 0.416 e. The lowest BCUT2D eigenvalue weighted by Crippen LogP contribution is -2.27. The molecule has 0 heterocycles. The zero-order valence-electron chi connectivity index (χ0n) is 14.7. The van der Waals surface area contributed by atoms with E-state index in [9.17, 15) is 22.8 Å². The first-order valence-electron chi connectivity index (χ1n) is 8.43. The average Bonchev–Trinajstić information content (AvgIpc) is 2.61. The van der Waals surface area contributed by atoms with Gasteiger partial charge in [0.1, 0.15) is 0 Å². The van der Waals surface area contributed by atoms with Gasteiger partial charge in [0.15, 0.2) is 0 Å². The third kappa shape index (κ3) is 5.84. The maximum atomic E-state index is 12.8. The summed E-state index contributed by atoms with van der Waals surface area (Å²) in [6, 6.07) is 11.4. The molecule has 1 unspecified atom stereocenters. The Morgan fingerprint density at radius 2 is 1.81 bits per heavy atom. The van der Waals surface area contributed by atoms with E-state index >= 15 is 0 Å². The van der Waals surface area contributed by atoms with Crippen LogP contribution < -0.4 is 5.32 Å². The molecule has 0 aliphatic carbocycles. The number of amides is 1. The summed E-state index contributed by atoms with van der Waals surface area (Å²) in [4.78, 5) is 23.2. The van der Waals surface area contributed by atoms with E-state index in [1.165, 1.54) is 12.1 Å². The number of halogens is 3. The van der Waals surface area contributed by atoms with Crippen LogP contribution in [0.3, 0.4) is 0 Å². The molecule has 2 rings (SSSR count). The normalized spacial score (nSPS) is 12.4. The first-order chi connectivity index (χ1) is 12.7. The molecular weight excluding hydrogens is 359 g/mol. The van der Waals surface area contributed by atoms with Crippen LogP contribution in [0.2, 0.25) is 0 Å². The summed E-state index contributed by atoms with van der Waals surface area (Å²) in [6.07, 6.45) is -3.99. The van der Waals surface area contributed by atoms with Gasteiger partial charge in [-0.05, 0) is 35.6 Å². The Bertz CT molecular complexity index is 818. The van der Waals surface area contributed by atoms with Crippen molar-refractivity contribution in [2.24, 2.45) is 0 Å². The molecule has 27 heavy (non-hydrogen) atoms. The molecule has 0 aliphatic heterocycles. The van der Waals surface area contributed by atoms with Gasteiger partial charge in [0.25, 0.3) is 0 Å². The van der Waals surface area contributed by atoms with Crippen LogP contribution in [0.1, 0.15) is 46.3 Å². The van der Waals surface area contributed by atoms with Gasteiger partial charge in [-0.25, -0.2) is 4.79 Å². The summed E-state index contributed by atoms with van der Waals surface area (Å²) in [5.74, 6) is -1.60. The predicted molar refractivity (Wildman–Crippen MR) is 94.6 cm³/mol. The van der Waals surface area contributed by atoms with Gasteiger partial charge in [0.05, 0.1) is 17.5 Å². The van der Waals surface area contributed by atoms with Gasteiger partial charge < -0.3 is 10.4 Å². The Morgan fingerprint density at radius 1 is 1.11 bits per heavy atom. The lowest BCUT2D eigenvalue weighted by atomic mass is 9.96. The molecule has 0 saturated carbocycles. The number of benzene rings is 2. The second-order valence-electron chi connectivity index (χ2n) is 6.30. The average molecular weight is 379 g/mol. The Hall–Kier alpha value is -2.83. The molecule has 0 fully saturated rings. The molecule has 1 atom stereocenters. The second kappa shape index (κ2) is 8.70. The van der Waals surface area contributed by atoms with Crippen molar-refractivity contribution in [3.63, 3.8) is 0 Å². The van der Waals surface area contributed by atoms with E-state index in [-0.39, 0.29) is 30.4 Å². The molecule has 0 bridgehead atoms. The molecule has 0 aliphatic rings. The fourth-order valence-electron chi connectivity index (χ4n) is 2.73. The van der Waals surface area contributed by atoms with Crippen LogP contribution in [0, 0.1) is 0 Å². The Balaban J connectivity index is 1.89. The number of carboxylic acid groups (broad SMARTS) is 1. The number of carbonyl (C=O) groups is 2. The van der Waals surface area contributed by atoms with Crippen LogP contribution in [-0.4, -0.2) is 23.5 Å². The quantitative estimate of drug-likeness (QED) is 0.756. The zero-order chi connectivity index (χ0) is 20.0. The van der Waals surface area contributed by atoms with Gasteiger partial charge in [-0.3, -0.25) is 4.79 Å². The molecule has 2 N–H and O–H groups in total. The number of rotatable bonds is 7. The van der Waals surface area contributed by atoms with Crippen molar-refractivity contribution in [3.05, 3.63) is 70.8 Å². The summed E-state index contributed by atoms with van der Waals surface area (Å²) in [6.45, 7) is 2.08. The molecule has 0 radical (unpaired) electrons. The van der Waals surface area contributed by atoms with E-state index in [1.807, 2.05) is 0 Å². The molecule has 4 nitrogen and oxygen atoms in total. The largest absolute Gasteiger partial charge is 0.478 e. The van der Waals surface area contributed by atoms with E-state index in [1.54, 1.807) is 31.2 Å². The van der Waals surface area contributed by atoms with Crippen molar-refractivity contribution in [2.45, 2.75) is 31.9 Å². The minimum absolute atomic E-state index is 0.0690.